The lowest BCUT2D eigenvalue weighted by molar-refractivity contribution is 0.0594. The number of fused-ring (bicyclic) bond motifs is 1. The lowest BCUT2D eigenvalue weighted by Gasteiger charge is -2.22. The number of carbonyl (C=O) groups excluding carboxylic acids is 2. The van der Waals surface area contributed by atoms with Crippen LogP contribution in [0.4, 0.5) is 17.2 Å². The topological polar surface area (TPSA) is 84.4 Å². The number of aromatic nitrogens is 2. The maximum Gasteiger partial charge on any atom is 0.356 e. The molecule has 4 aromatic rings. The van der Waals surface area contributed by atoms with Gasteiger partial charge >= 0.3 is 5.97 Å². The van der Waals surface area contributed by atoms with Crippen LogP contribution in [0.3, 0.4) is 0 Å². The van der Waals surface area contributed by atoms with E-state index in [2.05, 4.69) is 15.3 Å². The number of methoxy groups -OCH3 is 1. The van der Waals surface area contributed by atoms with E-state index < -0.39 is 5.97 Å². The highest BCUT2D eigenvalue weighted by atomic mass is 16.5. The van der Waals surface area contributed by atoms with Crippen molar-refractivity contribution in [2.75, 3.05) is 24.4 Å². The van der Waals surface area contributed by atoms with Crippen molar-refractivity contribution < 1.29 is 14.3 Å². The number of anilines is 3. The molecule has 0 aliphatic heterocycles. The summed E-state index contributed by atoms with van der Waals surface area (Å²) in [5.41, 5.74) is 2.02. The number of amides is 1. The second kappa shape index (κ2) is 8.62. The molecular formula is C24H20N4O3. The van der Waals surface area contributed by atoms with Gasteiger partial charge in [-0.15, -0.1) is 0 Å². The molecule has 7 heteroatoms. The zero-order chi connectivity index (χ0) is 21.8. The maximum absolute atomic E-state index is 13.1. The molecule has 0 spiro atoms. The number of nitrogens with one attached hydrogen (secondary N) is 1. The Morgan fingerprint density at radius 1 is 0.935 bits per heavy atom. The first-order valence-corrected chi connectivity index (χ1v) is 9.60. The van der Waals surface area contributed by atoms with Gasteiger partial charge < -0.3 is 15.0 Å². The fourth-order valence-corrected chi connectivity index (χ4v) is 3.28. The summed E-state index contributed by atoms with van der Waals surface area (Å²) in [7, 11) is 3.12. The Kier molecular flexibility index (Phi) is 5.57. The highest BCUT2D eigenvalue weighted by Gasteiger charge is 2.17. The second-order valence-corrected chi connectivity index (χ2v) is 6.84. The Morgan fingerprint density at radius 3 is 2.48 bits per heavy atom. The summed E-state index contributed by atoms with van der Waals surface area (Å²) in [6.07, 6.45) is 3.26. The Balaban J connectivity index is 1.63. The average molecular weight is 412 g/mol. The largest absolute Gasteiger partial charge is 0.464 e. The van der Waals surface area contributed by atoms with Crippen molar-refractivity contribution in [3.05, 3.63) is 90.4 Å². The zero-order valence-electron chi connectivity index (χ0n) is 17.1. The molecule has 2 aromatic heterocycles. The number of hydrogen-bond acceptors (Lipinski definition) is 6. The van der Waals surface area contributed by atoms with Crippen LogP contribution in [-0.2, 0) is 4.74 Å². The molecule has 1 N–H and O–H groups in total. The van der Waals surface area contributed by atoms with Gasteiger partial charge in [0.15, 0.2) is 0 Å². The van der Waals surface area contributed by atoms with E-state index in [9.17, 15) is 9.59 Å². The van der Waals surface area contributed by atoms with E-state index in [0.29, 0.717) is 22.8 Å². The molecule has 0 saturated carbocycles. The minimum atomic E-state index is -0.524. The van der Waals surface area contributed by atoms with Gasteiger partial charge in [0.05, 0.1) is 18.4 Å². The van der Waals surface area contributed by atoms with Gasteiger partial charge in [-0.2, -0.15) is 0 Å². The Hall–Kier alpha value is -4.26. The van der Waals surface area contributed by atoms with Gasteiger partial charge in [0.2, 0.25) is 0 Å². The van der Waals surface area contributed by atoms with Gasteiger partial charge in [-0.25, -0.2) is 14.8 Å². The van der Waals surface area contributed by atoms with Crippen molar-refractivity contribution in [3.8, 4) is 0 Å². The highest BCUT2D eigenvalue weighted by molar-refractivity contribution is 6.08. The van der Waals surface area contributed by atoms with Crippen molar-refractivity contribution >= 4 is 39.8 Å². The van der Waals surface area contributed by atoms with Crippen LogP contribution in [0.15, 0.2) is 79.1 Å². The van der Waals surface area contributed by atoms with E-state index in [-0.39, 0.29) is 11.6 Å². The molecule has 0 atom stereocenters. The van der Waals surface area contributed by atoms with Crippen LogP contribution < -0.4 is 10.2 Å². The number of esters is 1. The second-order valence-electron chi connectivity index (χ2n) is 6.84. The number of nitrogens with zero attached hydrogens (tertiary/aromatic N) is 3. The fraction of sp³-hybridized carbons (Fsp3) is 0.0833. The molecule has 0 radical (unpaired) electrons. The number of ether oxygens (including phenoxy) is 1. The lowest BCUT2D eigenvalue weighted by atomic mass is 10.1. The van der Waals surface area contributed by atoms with E-state index in [1.807, 2.05) is 54.4 Å². The summed E-state index contributed by atoms with van der Waals surface area (Å²) in [4.78, 5) is 35.1. The molecule has 154 valence electrons. The van der Waals surface area contributed by atoms with E-state index >= 15 is 0 Å². The molecule has 1 amide bonds. The number of rotatable bonds is 5. The summed E-state index contributed by atoms with van der Waals surface area (Å²) in [5, 5.41) is 4.86. The lowest BCUT2D eigenvalue weighted by Crippen LogP contribution is -2.19. The van der Waals surface area contributed by atoms with Crippen molar-refractivity contribution in [2.45, 2.75) is 0 Å². The van der Waals surface area contributed by atoms with Crippen LogP contribution in [0.2, 0.25) is 0 Å². The van der Waals surface area contributed by atoms with E-state index in [1.54, 1.807) is 30.5 Å². The van der Waals surface area contributed by atoms with Crippen LogP contribution in [0.25, 0.3) is 10.8 Å². The molecule has 2 heterocycles. The summed E-state index contributed by atoms with van der Waals surface area (Å²) >= 11 is 0. The first kappa shape index (κ1) is 20.0. The van der Waals surface area contributed by atoms with Crippen molar-refractivity contribution in [1.29, 1.82) is 0 Å². The van der Waals surface area contributed by atoms with Crippen LogP contribution in [0.5, 0.6) is 0 Å². The molecule has 0 unspecified atom stereocenters. The van der Waals surface area contributed by atoms with Gasteiger partial charge in [0.1, 0.15) is 11.5 Å². The van der Waals surface area contributed by atoms with Crippen LogP contribution in [0, 0.1) is 0 Å². The SMILES string of the molecule is COC(=O)c1cc(N(C)c2ccccc2C(=O)Nc2cc3ccccc3cn2)ccn1. The molecule has 0 aliphatic rings. The molecule has 7 nitrogen and oxygen atoms in total. The number of para-hydroxylation sites is 1. The molecule has 0 saturated heterocycles. The molecule has 0 fully saturated rings. The summed E-state index contributed by atoms with van der Waals surface area (Å²) < 4.78 is 4.74. The van der Waals surface area contributed by atoms with Gasteiger partial charge in [0.25, 0.3) is 5.91 Å². The van der Waals surface area contributed by atoms with Crippen LogP contribution in [0.1, 0.15) is 20.8 Å². The zero-order valence-corrected chi connectivity index (χ0v) is 17.1. The average Bonchev–Trinajstić information content (AvgIpc) is 2.83. The number of carbonyl (C=O) groups is 2. The Bertz CT molecular complexity index is 1270. The molecular weight excluding hydrogens is 392 g/mol. The van der Waals surface area contributed by atoms with E-state index in [0.717, 1.165) is 10.8 Å². The molecule has 4 rings (SSSR count). The molecule has 2 aromatic carbocycles. The van der Waals surface area contributed by atoms with E-state index in [4.69, 9.17) is 4.74 Å². The fourth-order valence-electron chi connectivity index (χ4n) is 3.28. The predicted molar refractivity (Wildman–Crippen MR) is 120 cm³/mol. The maximum atomic E-state index is 13.1. The molecule has 0 bridgehead atoms. The number of pyridine rings is 2. The van der Waals surface area contributed by atoms with E-state index in [1.165, 1.54) is 13.3 Å². The minimum absolute atomic E-state index is 0.189. The first-order chi connectivity index (χ1) is 15.1. The van der Waals surface area contributed by atoms with Gasteiger partial charge in [0, 0.05) is 30.5 Å². The van der Waals surface area contributed by atoms with Gasteiger partial charge in [-0.05, 0) is 35.7 Å². The van der Waals surface area contributed by atoms with Gasteiger partial charge in [-0.3, -0.25) is 4.79 Å². The Labute approximate surface area is 179 Å². The Morgan fingerprint density at radius 2 is 1.68 bits per heavy atom. The van der Waals surface area contributed by atoms with Crippen molar-refractivity contribution in [2.24, 2.45) is 0 Å². The normalized spacial score (nSPS) is 10.5. The molecule has 0 aliphatic carbocycles. The summed E-state index contributed by atoms with van der Waals surface area (Å²) in [6, 6.07) is 20.3. The number of hydrogen-bond donors (Lipinski definition) is 1. The third kappa shape index (κ3) is 4.20. The standard InChI is InChI=1S/C24H20N4O3/c1-28(18-11-12-25-20(14-18)24(30)31-2)21-10-6-5-9-19(21)23(29)27-22-13-16-7-3-4-8-17(16)15-26-22/h3-15H,1-2H3,(H,26,27,29). The predicted octanol–water partition coefficient (Wildman–Crippen LogP) is 4.44. The van der Waals surface area contributed by atoms with Crippen LogP contribution >= 0.6 is 0 Å². The third-order valence-electron chi connectivity index (χ3n) is 4.91. The summed E-state index contributed by atoms with van der Waals surface area (Å²) in [5.74, 6) is -0.339. The molecule has 31 heavy (non-hydrogen) atoms. The van der Waals surface area contributed by atoms with Crippen LogP contribution in [-0.4, -0.2) is 36.0 Å². The highest BCUT2D eigenvalue weighted by Crippen LogP contribution is 2.28. The van der Waals surface area contributed by atoms with Gasteiger partial charge in [-0.1, -0.05) is 36.4 Å². The monoisotopic (exact) mass is 412 g/mol. The quantitative estimate of drug-likeness (QED) is 0.488. The first-order valence-electron chi connectivity index (χ1n) is 9.60. The smallest absolute Gasteiger partial charge is 0.356 e. The number of benzene rings is 2. The van der Waals surface area contributed by atoms with Crippen molar-refractivity contribution in [3.63, 3.8) is 0 Å². The summed E-state index contributed by atoms with van der Waals surface area (Å²) in [6.45, 7) is 0. The minimum Gasteiger partial charge on any atom is -0.464 e. The van der Waals surface area contributed by atoms with Crippen molar-refractivity contribution in [1.82, 2.24) is 9.97 Å². The third-order valence-corrected chi connectivity index (χ3v) is 4.91.